The Labute approximate surface area is 127 Å². The average Bonchev–Trinajstić information content (AvgIpc) is 2.82. The van der Waals surface area contributed by atoms with Crippen molar-refractivity contribution in [2.75, 3.05) is 11.9 Å². The molecule has 0 aliphatic carbocycles. The molecule has 4 nitrogen and oxygen atoms in total. The number of para-hydroxylation sites is 1. The van der Waals surface area contributed by atoms with Crippen LogP contribution in [-0.4, -0.2) is 15.5 Å². The molecule has 0 bridgehead atoms. The molecule has 1 heterocycles. The van der Waals surface area contributed by atoms with Gasteiger partial charge in [0, 0.05) is 35.3 Å². The van der Waals surface area contributed by atoms with Crippen molar-refractivity contribution in [3.63, 3.8) is 0 Å². The van der Waals surface area contributed by atoms with Gasteiger partial charge in [-0.25, -0.2) is 0 Å². The van der Waals surface area contributed by atoms with E-state index < -0.39 is 10.2 Å². The van der Waals surface area contributed by atoms with Gasteiger partial charge in [-0.2, -0.15) is 8.42 Å². The summed E-state index contributed by atoms with van der Waals surface area (Å²) in [6.07, 6.45) is 0. The van der Waals surface area contributed by atoms with E-state index in [-0.39, 0.29) is 5.70 Å². The Hall–Kier alpha value is -2.34. The molecule has 0 aliphatic heterocycles. The third-order valence-corrected chi connectivity index (χ3v) is 4.21. The van der Waals surface area contributed by atoms with Crippen LogP contribution < -0.4 is 4.90 Å². The fourth-order valence-electron chi connectivity index (χ4n) is 2.41. The summed E-state index contributed by atoms with van der Waals surface area (Å²) in [5.41, 5.74) is 2.47. The topological polar surface area (TPSA) is 50.5 Å². The molecule has 2 aromatic carbocycles. The van der Waals surface area contributed by atoms with E-state index in [0.717, 1.165) is 16.4 Å². The van der Waals surface area contributed by atoms with Gasteiger partial charge < -0.3 is 9.32 Å². The lowest BCUT2D eigenvalue weighted by molar-refractivity contribution is 0.562. The molecule has 114 valence electrons. The second-order valence-electron chi connectivity index (χ2n) is 5.07. The Morgan fingerprint density at radius 3 is 2.55 bits per heavy atom. The molecule has 0 amide bonds. The number of anilines is 1. The van der Waals surface area contributed by atoms with Crippen LogP contribution >= 0.6 is 0 Å². The van der Waals surface area contributed by atoms with E-state index in [0.29, 0.717) is 16.7 Å². The van der Waals surface area contributed by atoms with Gasteiger partial charge >= 0.3 is 10.2 Å². The first kappa shape index (κ1) is 14.6. The van der Waals surface area contributed by atoms with Crippen molar-refractivity contribution in [2.45, 2.75) is 6.92 Å². The van der Waals surface area contributed by atoms with Crippen molar-refractivity contribution in [1.29, 1.82) is 0 Å². The Kier molecular flexibility index (Phi) is 3.41. The second-order valence-corrected chi connectivity index (χ2v) is 6.26. The van der Waals surface area contributed by atoms with Gasteiger partial charge in [0.25, 0.3) is 0 Å². The third-order valence-electron chi connectivity index (χ3n) is 3.59. The molecule has 0 saturated heterocycles. The fourth-order valence-corrected chi connectivity index (χ4v) is 2.98. The smallest absolute Gasteiger partial charge is 0.326 e. The first-order valence-corrected chi connectivity index (χ1v) is 8.08. The summed E-state index contributed by atoms with van der Waals surface area (Å²) >= 11 is 0. The average molecular weight is 319 g/mol. The summed E-state index contributed by atoms with van der Waals surface area (Å²) in [6, 6.07) is 13.3. The van der Waals surface area contributed by atoms with Crippen LogP contribution in [0.5, 0.6) is 0 Å². The Bertz CT molecular complexity index is 989. The van der Waals surface area contributed by atoms with Crippen LogP contribution in [0.25, 0.3) is 21.9 Å². The number of hydrogen-bond donors (Lipinski definition) is 0. The monoisotopic (exact) mass is 319 g/mol. The van der Waals surface area contributed by atoms with Gasteiger partial charge in [-0.05, 0) is 25.1 Å². The number of nitrogens with zero attached hydrogens (tertiary/aromatic N) is 1. The molecular formula is C16H14FNO3S. The molecule has 3 rings (SSSR count). The quantitative estimate of drug-likeness (QED) is 0.679. The Morgan fingerprint density at radius 1 is 1.14 bits per heavy atom. The summed E-state index contributed by atoms with van der Waals surface area (Å²) in [4.78, 5) is 1.59. The second kappa shape index (κ2) is 5.14. The predicted molar refractivity (Wildman–Crippen MR) is 85.9 cm³/mol. The number of fused-ring (bicyclic) bond motifs is 3. The summed E-state index contributed by atoms with van der Waals surface area (Å²) in [7, 11) is -3.00. The molecule has 0 aliphatic rings. The van der Waals surface area contributed by atoms with Crippen LogP contribution in [0.4, 0.5) is 9.57 Å². The lowest BCUT2D eigenvalue weighted by atomic mass is 10.1. The van der Waals surface area contributed by atoms with E-state index in [1.165, 1.54) is 6.92 Å². The summed E-state index contributed by atoms with van der Waals surface area (Å²) < 4.78 is 40.0. The zero-order valence-electron chi connectivity index (χ0n) is 12.1. The molecular weight excluding hydrogens is 305 g/mol. The highest BCUT2D eigenvalue weighted by Crippen LogP contribution is 2.31. The van der Waals surface area contributed by atoms with E-state index in [2.05, 4.69) is 0 Å². The largest absolute Gasteiger partial charge is 0.456 e. The number of benzene rings is 2. The highest BCUT2D eigenvalue weighted by atomic mass is 32.3. The number of halogens is 1. The van der Waals surface area contributed by atoms with Crippen molar-refractivity contribution in [3.8, 4) is 0 Å². The van der Waals surface area contributed by atoms with Crippen molar-refractivity contribution in [3.05, 3.63) is 53.6 Å². The van der Waals surface area contributed by atoms with E-state index >= 15 is 0 Å². The van der Waals surface area contributed by atoms with Crippen LogP contribution in [-0.2, 0) is 10.2 Å². The Morgan fingerprint density at radius 2 is 1.82 bits per heavy atom. The van der Waals surface area contributed by atoms with Gasteiger partial charge in [0.1, 0.15) is 11.2 Å². The van der Waals surface area contributed by atoms with Crippen LogP contribution in [0, 0.1) is 0 Å². The Balaban J connectivity index is 2.09. The van der Waals surface area contributed by atoms with E-state index in [4.69, 9.17) is 4.42 Å². The van der Waals surface area contributed by atoms with Crippen LogP contribution in [0.3, 0.4) is 0 Å². The van der Waals surface area contributed by atoms with Gasteiger partial charge in [-0.1, -0.05) is 18.2 Å². The molecule has 0 atom stereocenters. The van der Waals surface area contributed by atoms with Crippen molar-refractivity contribution in [1.82, 2.24) is 0 Å². The minimum absolute atomic E-state index is 0.276. The number of hydrogen-bond acceptors (Lipinski definition) is 4. The van der Waals surface area contributed by atoms with E-state index in [1.807, 2.05) is 36.4 Å². The van der Waals surface area contributed by atoms with Gasteiger partial charge in [0.15, 0.2) is 0 Å². The van der Waals surface area contributed by atoms with E-state index in [1.54, 1.807) is 18.0 Å². The molecule has 22 heavy (non-hydrogen) atoms. The van der Waals surface area contributed by atoms with Gasteiger partial charge in [-0.3, -0.25) is 0 Å². The molecule has 6 heteroatoms. The molecule has 0 fully saturated rings. The van der Waals surface area contributed by atoms with Crippen molar-refractivity contribution >= 4 is 37.8 Å². The van der Waals surface area contributed by atoms with Crippen molar-refractivity contribution in [2.24, 2.45) is 0 Å². The minimum atomic E-state index is -4.67. The first-order valence-electron chi connectivity index (χ1n) is 6.63. The lowest BCUT2D eigenvalue weighted by Crippen LogP contribution is -2.14. The van der Waals surface area contributed by atoms with Gasteiger partial charge in [0.2, 0.25) is 0 Å². The van der Waals surface area contributed by atoms with Crippen LogP contribution in [0.2, 0.25) is 0 Å². The summed E-state index contributed by atoms with van der Waals surface area (Å²) in [5.74, 6) is 0. The van der Waals surface area contributed by atoms with Gasteiger partial charge in [0.05, 0.1) is 5.41 Å². The SMILES string of the molecule is C/C(=C\S(=O)(=O)F)N(C)c1ccc2c(c1)oc1ccccc12. The normalized spacial score (nSPS) is 13.0. The maximum atomic E-state index is 12.8. The van der Waals surface area contributed by atoms with Crippen LogP contribution in [0.1, 0.15) is 6.92 Å². The van der Waals surface area contributed by atoms with Crippen molar-refractivity contribution < 1.29 is 16.7 Å². The molecule has 0 saturated carbocycles. The summed E-state index contributed by atoms with van der Waals surface area (Å²) in [6.45, 7) is 1.53. The molecule has 0 unspecified atom stereocenters. The van der Waals surface area contributed by atoms with Crippen LogP contribution in [0.15, 0.2) is 58.0 Å². The third kappa shape index (κ3) is 2.69. The molecule has 3 aromatic rings. The minimum Gasteiger partial charge on any atom is -0.456 e. The zero-order valence-corrected chi connectivity index (χ0v) is 12.9. The molecule has 0 radical (unpaired) electrons. The number of rotatable bonds is 3. The zero-order chi connectivity index (χ0) is 15.9. The first-order chi connectivity index (χ1) is 10.3. The molecule has 1 aromatic heterocycles. The highest BCUT2D eigenvalue weighted by Gasteiger charge is 2.11. The number of furan rings is 1. The molecule has 0 spiro atoms. The predicted octanol–water partition coefficient (Wildman–Crippen LogP) is 4.18. The lowest BCUT2D eigenvalue weighted by Gasteiger charge is -2.19. The van der Waals surface area contributed by atoms with E-state index in [9.17, 15) is 12.3 Å². The fraction of sp³-hybridized carbons (Fsp3) is 0.125. The maximum absolute atomic E-state index is 12.8. The standard InChI is InChI=1S/C16H14FNO3S/c1-11(10-22(17,19)20)18(2)12-7-8-14-13-5-3-4-6-15(13)21-16(14)9-12/h3-10H,1-2H3/b11-10+. The summed E-state index contributed by atoms with van der Waals surface area (Å²) in [5, 5.41) is 2.59. The number of allylic oxidation sites excluding steroid dienone is 1. The maximum Gasteiger partial charge on any atom is 0.326 e. The highest BCUT2D eigenvalue weighted by molar-refractivity contribution is 7.89. The molecule has 0 N–H and O–H groups in total. The van der Waals surface area contributed by atoms with Gasteiger partial charge in [-0.15, -0.1) is 3.89 Å².